The lowest BCUT2D eigenvalue weighted by molar-refractivity contribution is -0.141. The number of nitrogens with one attached hydrogen (secondary N) is 1. The topological polar surface area (TPSA) is 49.4 Å². The van der Waals surface area contributed by atoms with E-state index < -0.39 is 6.04 Å². The van der Waals surface area contributed by atoms with Gasteiger partial charge in [0.2, 0.25) is 11.8 Å². The lowest BCUT2D eigenvalue weighted by Crippen LogP contribution is -2.51. The van der Waals surface area contributed by atoms with Crippen LogP contribution in [0.3, 0.4) is 0 Å². The standard InChI is InChI=1S/C32H38Cl2N2O2/c1-22(2)35-31(38)29(19-24-9-7-6-8-10-24)36(21-25-14-17-27(33)20-28(25)34)30(37)18-13-23-11-15-26(16-12-23)32(3,4)5/h6-12,14-17,20,22,29H,13,18-19,21H2,1-5H3,(H,35,38). The number of amides is 2. The predicted octanol–water partition coefficient (Wildman–Crippen LogP) is 7.39. The quantitative estimate of drug-likeness (QED) is 0.285. The molecular weight excluding hydrogens is 515 g/mol. The molecule has 0 spiro atoms. The van der Waals surface area contributed by atoms with Crippen LogP contribution >= 0.6 is 23.2 Å². The fraction of sp³-hybridized carbons (Fsp3) is 0.375. The van der Waals surface area contributed by atoms with Crippen molar-refractivity contribution in [1.82, 2.24) is 10.2 Å². The maximum Gasteiger partial charge on any atom is 0.243 e. The number of benzene rings is 3. The molecule has 3 rings (SSSR count). The molecule has 38 heavy (non-hydrogen) atoms. The summed E-state index contributed by atoms with van der Waals surface area (Å²) in [6.45, 7) is 10.6. The highest BCUT2D eigenvalue weighted by Gasteiger charge is 2.31. The molecule has 0 aliphatic carbocycles. The van der Waals surface area contributed by atoms with Crippen LogP contribution in [0.25, 0.3) is 0 Å². The summed E-state index contributed by atoms with van der Waals surface area (Å²) in [7, 11) is 0. The first-order valence-electron chi connectivity index (χ1n) is 13.1. The monoisotopic (exact) mass is 552 g/mol. The van der Waals surface area contributed by atoms with Gasteiger partial charge in [0, 0.05) is 35.5 Å². The zero-order valence-electron chi connectivity index (χ0n) is 22.9. The molecule has 0 aliphatic heterocycles. The average molecular weight is 554 g/mol. The van der Waals surface area contributed by atoms with E-state index in [-0.39, 0.29) is 36.2 Å². The number of carbonyl (C=O) groups excluding carboxylic acids is 2. The van der Waals surface area contributed by atoms with Crippen molar-refractivity contribution in [2.24, 2.45) is 0 Å². The lowest BCUT2D eigenvalue weighted by Gasteiger charge is -2.32. The van der Waals surface area contributed by atoms with E-state index in [0.717, 1.165) is 16.7 Å². The Morgan fingerprint density at radius 2 is 1.55 bits per heavy atom. The molecule has 0 heterocycles. The van der Waals surface area contributed by atoms with Crippen LogP contribution in [0.2, 0.25) is 10.0 Å². The van der Waals surface area contributed by atoms with E-state index in [1.807, 2.05) is 50.2 Å². The highest BCUT2D eigenvalue weighted by Crippen LogP contribution is 2.26. The smallest absolute Gasteiger partial charge is 0.243 e. The molecule has 1 N–H and O–H groups in total. The molecule has 0 aromatic heterocycles. The van der Waals surface area contributed by atoms with E-state index >= 15 is 0 Å². The van der Waals surface area contributed by atoms with Crippen molar-refractivity contribution in [2.75, 3.05) is 0 Å². The minimum atomic E-state index is -0.692. The van der Waals surface area contributed by atoms with Crippen molar-refractivity contribution in [3.05, 3.63) is 105 Å². The van der Waals surface area contributed by atoms with E-state index in [2.05, 4.69) is 50.4 Å². The summed E-state index contributed by atoms with van der Waals surface area (Å²) in [4.78, 5) is 29.0. The molecule has 1 atom stereocenters. The van der Waals surface area contributed by atoms with Gasteiger partial charge in [0.1, 0.15) is 6.04 Å². The molecule has 202 valence electrons. The Hall–Kier alpha value is -2.82. The third-order valence-electron chi connectivity index (χ3n) is 6.51. The Kier molecular flexibility index (Phi) is 10.4. The van der Waals surface area contributed by atoms with Crippen LogP contribution < -0.4 is 5.32 Å². The van der Waals surface area contributed by atoms with E-state index in [0.29, 0.717) is 22.9 Å². The Bertz CT molecular complexity index is 1220. The number of rotatable bonds is 10. The predicted molar refractivity (Wildman–Crippen MR) is 158 cm³/mol. The number of aryl methyl sites for hydroxylation is 1. The van der Waals surface area contributed by atoms with E-state index in [1.165, 1.54) is 5.56 Å². The molecular formula is C32H38Cl2N2O2. The van der Waals surface area contributed by atoms with E-state index in [4.69, 9.17) is 23.2 Å². The number of halogens is 2. The molecule has 3 aromatic carbocycles. The largest absolute Gasteiger partial charge is 0.352 e. The van der Waals surface area contributed by atoms with Crippen LogP contribution in [0, 0.1) is 0 Å². The first kappa shape index (κ1) is 29.7. The zero-order chi connectivity index (χ0) is 27.9. The summed E-state index contributed by atoms with van der Waals surface area (Å²) < 4.78 is 0. The van der Waals surface area contributed by atoms with Crippen LogP contribution in [0.4, 0.5) is 0 Å². The van der Waals surface area contributed by atoms with Crippen LogP contribution in [-0.4, -0.2) is 28.8 Å². The minimum Gasteiger partial charge on any atom is -0.352 e. The number of hydrogen-bond donors (Lipinski definition) is 1. The van der Waals surface area contributed by atoms with Gasteiger partial charge in [0.05, 0.1) is 0 Å². The molecule has 4 nitrogen and oxygen atoms in total. The van der Waals surface area contributed by atoms with Gasteiger partial charge in [-0.1, -0.05) is 105 Å². The van der Waals surface area contributed by atoms with E-state index in [9.17, 15) is 9.59 Å². The van der Waals surface area contributed by atoms with Crippen molar-refractivity contribution in [3.8, 4) is 0 Å². The molecule has 6 heteroatoms. The van der Waals surface area contributed by atoms with Crippen molar-refractivity contribution in [1.29, 1.82) is 0 Å². The lowest BCUT2D eigenvalue weighted by atomic mass is 9.86. The van der Waals surface area contributed by atoms with Gasteiger partial charge >= 0.3 is 0 Å². The van der Waals surface area contributed by atoms with Gasteiger partial charge < -0.3 is 10.2 Å². The minimum absolute atomic E-state index is 0.0572. The van der Waals surface area contributed by atoms with Crippen LogP contribution in [0.5, 0.6) is 0 Å². The van der Waals surface area contributed by atoms with Gasteiger partial charge in [0.15, 0.2) is 0 Å². The van der Waals surface area contributed by atoms with Gasteiger partial charge in [-0.2, -0.15) is 0 Å². The maximum absolute atomic E-state index is 13.8. The van der Waals surface area contributed by atoms with Gasteiger partial charge in [-0.25, -0.2) is 0 Å². The maximum atomic E-state index is 13.8. The second-order valence-corrected chi connectivity index (χ2v) is 11.9. The first-order chi connectivity index (χ1) is 17.9. The number of hydrogen-bond acceptors (Lipinski definition) is 2. The average Bonchev–Trinajstić information content (AvgIpc) is 2.85. The van der Waals surface area contributed by atoms with Gasteiger partial charge in [-0.05, 0) is 60.1 Å². The van der Waals surface area contributed by atoms with Gasteiger partial charge in [0.25, 0.3) is 0 Å². The van der Waals surface area contributed by atoms with Gasteiger partial charge in [-0.15, -0.1) is 0 Å². The van der Waals surface area contributed by atoms with Crippen LogP contribution in [0.15, 0.2) is 72.8 Å². The fourth-order valence-corrected chi connectivity index (χ4v) is 4.80. The Morgan fingerprint density at radius 1 is 0.895 bits per heavy atom. The summed E-state index contributed by atoms with van der Waals surface area (Å²) in [5.74, 6) is -0.285. The summed E-state index contributed by atoms with van der Waals surface area (Å²) >= 11 is 12.6. The molecule has 0 radical (unpaired) electrons. The second-order valence-electron chi connectivity index (χ2n) is 11.1. The van der Waals surface area contributed by atoms with Gasteiger partial charge in [-0.3, -0.25) is 9.59 Å². The molecule has 1 unspecified atom stereocenters. The molecule has 0 bridgehead atoms. The SMILES string of the molecule is CC(C)NC(=O)C(Cc1ccccc1)N(Cc1ccc(Cl)cc1Cl)C(=O)CCc1ccc(C(C)(C)C)cc1. The molecule has 0 saturated heterocycles. The number of nitrogens with zero attached hydrogens (tertiary/aromatic N) is 1. The Labute approximate surface area is 237 Å². The molecule has 2 amide bonds. The first-order valence-corrected chi connectivity index (χ1v) is 13.9. The van der Waals surface area contributed by atoms with Crippen molar-refractivity contribution >= 4 is 35.0 Å². The van der Waals surface area contributed by atoms with Crippen molar-refractivity contribution in [2.45, 2.75) is 77.9 Å². The third-order valence-corrected chi connectivity index (χ3v) is 7.09. The normalized spacial score (nSPS) is 12.3. The van der Waals surface area contributed by atoms with Crippen molar-refractivity contribution in [3.63, 3.8) is 0 Å². The molecule has 0 aliphatic rings. The highest BCUT2D eigenvalue weighted by molar-refractivity contribution is 6.35. The molecule has 0 saturated carbocycles. The van der Waals surface area contributed by atoms with Crippen LogP contribution in [-0.2, 0) is 34.4 Å². The molecule has 0 fully saturated rings. The fourth-order valence-electron chi connectivity index (χ4n) is 4.33. The van der Waals surface area contributed by atoms with E-state index in [1.54, 1.807) is 17.0 Å². The molecule has 3 aromatic rings. The second kappa shape index (κ2) is 13.3. The van der Waals surface area contributed by atoms with Crippen molar-refractivity contribution < 1.29 is 9.59 Å². The highest BCUT2D eigenvalue weighted by atomic mass is 35.5. The van der Waals surface area contributed by atoms with Crippen LogP contribution in [0.1, 0.15) is 63.3 Å². The Balaban J connectivity index is 1.91. The summed E-state index contributed by atoms with van der Waals surface area (Å²) in [5.41, 5.74) is 4.13. The Morgan fingerprint density at radius 3 is 2.13 bits per heavy atom. The number of carbonyl (C=O) groups is 2. The zero-order valence-corrected chi connectivity index (χ0v) is 24.4. The third kappa shape index (κ3) is 8.61. The summed E-state index contributed by atoms with van der Waals surface area (Å²) in [6.07, 6.45) is 1.26. The summed E-state index contributed by atoms with van der Waals surface area (Å²) in [5, 5.41) is 4.01. The summed E-state index contributed by atoms with van der Waals surface area (Å²) in [6, 6.07) is 22.7.